The standard InChI is InChI=1S/C56H39N3/c1-56(2)51-33-40-16-7-6-15-39(40)32-50(51)49-23-11-22-45(54(49)56)42-18-10-17-41(31-42)44-28-29-48(47-21-9-8-20-46(44)47)53-34-52(58-55(59-53)38-13-4-3-5-14-38)37-26-24-36(25-27-37)43-19-12-30-57-35-43/h3-35H,1-2H3. The van der Waals surface area contributed by atoms with Crippen molar-refractivity contribution in [2.24, 2.45) is 0 Å². The van der Waals surface area contributed by atoms with Crippen LogP contribution in [0.4, 0.5) is 0 Å². The van der Waals surface area contributed by atoms with Crippen LogP contribution in [0.2, 0.25) is 0 Å². The molecule has 0 spiro atoms. The average molecular weight is 754 g/mol. The molecule has 0 amide bonds. The van der Waals surface area contributed by atoms with Crippen molar-refractivity contribution < 1.29 is 0 Å². The van der Waals surface area contributed by atoms with E-state index in [0.717, 1.165) is 44.6 Å². The monoisotopic (exact) mass is 753 g/mol. The van der Waals surface area contributed by atoms with E-state index in [4.69, 9.17) is 9.97 Å². The zero-order valence-corrected chi connectivity index (χ0v) is 32.9. The first kappa shape index (κ1) is 34.7. The summed E-state index contributed by atoms with van der Waals surface area (Å²) < 4.78 is 0. The lowest BCUT2D eigenvalue weighted by atomic mass is 9.78. The van der Waals surface area contributed by atoms with Crippen LogP contribution in [0.3, 0.4) is 0 Å². The summed E-state index contributed by atoms with van der Waals surface area (Å²) in [5, 5.41) is 4.90. The summed E-state index contributed by atoms with van der Waals surface area (Å²) in [5.74, 6) is 0.698. The predicted molar refractivity (Wildman–Crippen MR) is 245 cm³/mol. The largest absolute Gasteiger partial charge is 0.264 e. The number of rotatable bonds is 6. The van der Waals surface area contributed by atoms with E-state index in [1.54, 1.807) is 6.20 Å². The zero-order valence-electron chi connectivity index (χ0n) is 32.9. The second-order valence-electron chi connectivity index (χ2n) is 16.0. The summed E-state index contributed by atoms with van der Waals surface area (Å²) in [5.41, 5.74) is 17.2. The number of hydrogen-bond donors (Lipinski definition) is 0. The smallest absolute Gasteiger partial charge is 0.160 e. The van der Waals surface area contributed by atoms with Crippen molar-refractivity contribution in [1.82, 2.24) is 15.0 Å². The number of pyridine rings is 1. The summed E-state index contributed by atoms with van der Waals surface area (Å²) in [6.07, 6.45) is 3.69. The molecule has 0 unspecified atom stereocenters. The maximum Gasteiger partial charge on any atom is 0.160 e. The van der Waals surface area contributed by atoms with Crippen molar-refractivity contribution in [3.8, 4) is 78.4 Å². The lowest BCUT2D eigenvalue weighted by Gasteiger charge is -2.25. The van der Waals surface area contributed by atoms with E-state index in [2.05, 4.69) is 183 Å². The zero-order chi connectivity index (χ0) is 39.5. The van der Waals surface area contributed by atoms with Gasteiger partial charge in [0.1, 0.15) is 0 Å². The number of fused-ring (bicyclic) bond motifs is 5. The van der Waals surface area contributed by atoms with E-state index < -0.39 is 0 Å². The Labute approximate surface area is 344 Å². The second-order valence-corrected chi connectivity index (χ2v) is 16.0. The third-order valence-corrected chi connectivity index (χ3v) is 12.2. The van der Waals surface area contributed by atoms with Gasteiger partial charge in [0.25, 0.3) is 0 Å². The van der Waals surface area contributed by atoms with Gasteiger partial charge in [-0.1, -0.05) is 172 Å². The van der Waals surface area contributed by atoms with E-state index >= 15 is 0 Å². The molecule has 0 aliphatic heterocycles. The van der Waals surface area contributed by atoms with Crippen LogP contribution < -0.4 is 0 Å². The van der Waals surface area contributed by atoms with Gasteiger partial charge in [-0.05, 0) is 108 Å². The van der Waals surface area contributed by atoms with E-state index in [9.17, 15) is 0 Å². The number of aromatic nitrogens is 3. The minimum atomic E-state index is -0.147. The molecule has 0 saturated heterocycles. The third-order valence-electron chi connectivity index (χ3n) is 12.2. The first-order valence-electron chi connectivity index (χ1n) is 20.2. The predicted octanol–water partition coefficient (Wildman–Crippen LogP) is 14.5. The fraction of sp³-hybridized carbons (Fsp3) is 0.0536. The topological polar surface area (TPSA) is 38.7 Å². The van der Waals surface area contributed by atoms with Gasteiger partial charge < -0.3 is 0 Å². The normalized spacial score (nSPS) is 12.7. The molecule has 278 valence electrons. The van der Waals surface area contributed by atoms with Crippen molar-refractivity contribution in [3.05, 3.63) is 212 Å². The summed E-state index contributed by atoms with van der Waals surface area (Å²) in [6, 6.07) is 67.6. The van der Waals surface area contributed by atoms with Gasteiger partial charge in [-0.3, -0.25) is 4.98 Å². The fourth-order valence-corrected chi connectivity index (χ4v) is 9.25. The minimum Gasteiger partial charge on any atom is -0.264 e. The molecule has 8 aromatic carbocycles. The molecule has 2 heterocycles. The van der Waals surface area contributed by atoms with Crippen molar-refractivity contribution in [2.75, 3.05) is 0 Å². The molecule has 0 radical (unpaired) electrons. The molecular weight excluding hydrogens is 715 g/mol. The SMILES string of the molecule is CC1(C)c2cc3ccccc3cc2-c2cccc(-c3cccc(-c4ccc(-c5cc(-c6ccc(-c7cccnc7)cc6)nc(-c6ccccc6)n5)c5ccccc45)c3)c21. The Hall–Kier alpha value is -7.49. The molecule has 10 aromatic rings. The van der Waals surface area contributed by atoms with Gasteiger partial charge in [-0.2, -0.15) is 0 Å². The van der Waals surface area contributed by atoms with Crippen LogP contribution in [0.25, 0.3) is 100.0 Å². The molecule has 0 saturated carbocycles. The highest BCUT2D eigenvalue weighted by Crippen LogP contribution is 2.53. The van der Waals surface area contributed by atoms with Gasteiger partial charge in [-0.25, -0.2) is 9.97 Å². The fourth-order valence-electron chi connectivity index (χ4n) is 9.25. The lowest BCUT2D eigenvalue weighted by Crippen LogP contribution is -2.16. The van der Waals surface area contributed by atoms with Crippen LogP contribution in [0.1, 0.15) is 25.0 Å². The Bertz CT molecular complexity index is 3220. The quantitative estimate of drug-likeness (QED) is 0.170. The van der Waals surface area contributed by atoms with E-state index in [1.165, 1.54) is 60.7 Å². The van der Waals surface area contributed by atoms with Crippen LogP contribution in [-0.4, -0.2) is 15.0 Å². The third kappa shape index (κ3) is 5.94. The number of benzene rings is 8. The van der Waals surface area contributed by atoms with Gasteiger partial charge in [-0.15, -0.1) is 0 Å². The number of nitrogens with zero attached hydrogens (tertiary/aromatic N) is 3. The van der Waals surface area contributed by atoms with E-state index in [1.807, 2.05) is 30.5 Å². The molecule has 0 bridgehead atoms. The molecule has 1 aliphatic carbocycles. The lowest BCUT2D eigenvalue weighted by molar-refractivity contribution is 0.663. The van der Waals surface area contributed by atoms with Crippen molar-refractivity contribution in [2.45, 2.75) is 19.3 Å². The number of hydrogen-bond acceptors (Lipinski definition) is 3. The molecule has 2 aromatic heterocycles. The maximum atomic E-state index is 5.23. The first-order chi connectivity index (χ1) is 29.0. The van der Waals surface area contributed by atoms with Crippen LogP contribution >= 0.6 is 0 Å². The highest BCUT2D eigenvalue weighted by molar-refractivity contribution is 6.05. The van der Waals surface area contributed by atoms with Crippen LogP contribution in [0.5, 0.6) is 0 Å². The average Bonchev–Trinajstić information content (AvgIpc) is 3.53. The van der Waals surface area contributed by atoms with Gasteiger partial charge in [0.05, 0.1) is 11.4 Å². The Morgan fingerprint density at radius 3 is 1.76 bits per heavy atom. The minimum absolute atomic E-state index is 0.147. The molecular formula is C56H39N3. The van der Waals surface area contributed by atoms with Crippen LogP contribution in [0.15, 0.2) is 200 Å². The first-order valence-corrected chi connectivity index (χ1v) is 20.2. The van der Waals surface area contributed by atoms with E-state index in [-0.39, 0.29) is 5.41 Å². The molecule has 3 heteroatoms. The Morgan fingerprint density at radius 2 is 0.983 bits per heavy atom. The Balaban J connectivity index is 1.02. The molecule has 59 heavy (non-hydrogen) atoms. The Kier molecular flexibility index (Phi) is 8.16. The van der Waals surface area contributed by atoms with Gasteiger partial charge >= 0.3 is 0 Å². The summed E-state index contributed by atoms with van der Waals surface area (Å²) >= 11 is 0. The van der Waals surface area contributed by atoms with Gasteiger partial charge in [0.2, 0.25) is 0 Å². The highest BCUT2D eigenvalue weighted by Gasteiger charge is 2.37. The summed E-state index contributed by atoms with van der Waals surface area (Å²) in [6.45, 7) is 4.76. The summed E-state index contributed by atoms with van der Waals surface area (Å²) in [7, 11) is 0. The van der Waals surface area contributed by atoms with Crippen LogP contribution in [0, 0.1) is 0 Å². The van der Waals surface area contributed by atoms with Crippen molar-refractivity contribution in [3.63, 3.8) is 0 Å². The highest BCUT2D eigenvalue weighted by atomic mass is 14.9. The molecule has 0 atom stereocenters. The van der Waals surface area contributed by atoms with Crippen molar-refractivity contribution >= 4 is 21.5 Å². The van der Waals surface area contributed by atoms with E-state index in [0.29, 0.717) is 5.82 Å². The Morgan fingerprint density at radius 1 is 0.373 bits per heavy atom. The maximum absolute atomic E-state index is 5.23. The molecule has 0 fully saturated rings. The van der Waals surface area contributed by atoms with Crippen LogP contribution in [-0.2, 0) is 5.41 Å². The second kappa shape index (κ2) is 13.9. The molecule has 1 aliphatic rings. The van der Waals surface area contributed by atoms with Crippen molar-refractivity contribution in [1.29, 1.82) is 0 Å². The van der Waals surface area contributed by atoms with Gasteiger partial charge in [0.15, 0.2) is 5.82 Å². The molecule has 11 rings (SSSR count). The van der Waals surface area contributed by atoms with Gasteiger partial charge in [0, 0.05) is 34.5 Å². The summed E-state index contributed by atoms with van der Waals surface area (Å²) in [4.78, 5) is 14.7. The molecule has 0 N–H and O–H groups in total. The molecule has 3 nitrogen and oxygen atoms in total.